The summed E-state index contributed by atoms with van der Waals surface area (Å²) in [5, 5.41) is 2.84. The second-order valence-electron chi connectivity index (χ2n) is 3.00. The zero-order valence-electron chi connectivity index (χ0n) is 7.96. The van der Waals surface area contributed by atoms with E-state index in [1.165, 1.54) is 0 Å². The van der Waals surface area contributed by atoms with E-state index in [9.17, 15) is 4.91 Å². The van der Waals surface area contributed by atoms with Crippen molar-refractivity contribution >= 4 is 5.69 Å². The van der Waals surface area contributed by atoms with Crippen molar-refractivity contribution in [2.45, 2.75) is 0 Å². The molecule has 2 aromatic carbocycles. The van der Waals surface area contributed by atoms with Crippen LogP contribution in [0.25, 0.3) is 0 Å². The largest absolute Gasteiger partial charge is 0.457 e. The number of rotatable bonds is 3. The number of nitrogens with zero attached hydrogens (tertiary/aromatic N) is 1. The highest BCUT2D eigenvalue weighted by molar-refractivity contribution is 5.44. The molecule has 0 bridgehead atoms. The SMILES string of the molecule is O=Nc1cccc(Oc2ccccc2)c1. The van der Waals surface area contributed by atoms with Crippen LogP contribution in [0.3, 0.4) is 0 Å². The molecule has 0 atom stereocenters. The molecule has 0 fully saturated rings. The first-order valence-corrected chi connectivity index (χ1v) is 4.55. The third-order valence-electron chi connectivity index (χ3n) is 1.90. The van der Waals surface area contributed by atoms with Crippen molar-refractivity contribution < 1.29 is 4.74 Å². The van der Waals surface area contributed by atoms with Crippen molar-refractivity contribution in [3.8, 4) is 11.5 Å². The maximum atomic E-state index is 10.3. The molecule has 0 spiro atoms. The van der Waals surface area contributed by atoms with Crippen molar-refractivity contribution in [2.24, 2.45) is 5.18 Å². The summed E-state index contributed by atoms with van der Waals surface area (Å²) in [4.78, 5) is 10.3. The van der Waals surface area contributed by atoms with Crippen LogP contribution in [0.1, 0.15) is 0 Å². The van der Waals surface area contributed by atoms with Crippen molar-refractivity contribution in [1.82, 2.24) is 0 Å². The Balaban J connectivity index is 2.21. The van der Waals surface area contributed by atoms with Crippen LogP contribution in [-0.2, 0) is 0 Å². The van der Waals surface area contributed by atoms with E-state index >= 15 is 0 Å². The maximum Gasteiger partial charge on any atom is 0.129 e. The number of nitroso groups, excluding NO2 is 1. The molecule has 0 aliphatic heterocycles. The molecule has 0 N–H and O–H groups in total. The van der Waals surface area contributed by atoms with Gasteiger partial charge >= 0.3 is 0 Å². The Bertz CT molecular complexity index is 454. The van der Waals surface area contributed by atoms with E-state index in [4.69, 9.17) is 4.74 Å². The van der Waals surface area contributed by atoms with Crippen LogP contribution in [-0.4, -0.2) is 0 Å². The molecule has 2 rings (SSSR count). The van der Waals surface area contributed by atoms with Crippen LogP contribution in [0.15, 0.2) is 59.8 Å². The lowest BCUT2D eigenvalue weighted by Gasteiger charge is -2.04. The van der Waals surface area contributed by atoms with Gasteiger partial charge < -0.3 is 4.74 Å². The van der Waals surface area contributed by atoms with Crippen molar-refractivity contribution in [1.29, 1.82) is 0 Å². The third kappa shape index (κ3) is 2.40. The van der Waals surface area contributed by atoms with E-state index in [0.29, 0.717) is 11.4 Å². The van der Waals surface area contributed by atoms with Gasteiger partial charge in [0.15, 0.2) is 0 Å². The molecule has 0 amide bonds. The van der Waals surface area contributed by atoms with E-state index in [1.807, 2.05) is 30.3 Å². The molecule has 2 aromatic rings. The Morgan fingerprint density at radius 2 is 1.60 bits per heavy atom. The van der Waals surface area contributed by atoms with Gasteiger partial charge in [0.2, 0.25) is 0 Å². The summed E-state index contributed by atoms with van der Waals surface area (Å²) in [6, 6.07) is 16.1. The van der Waals surface area contributed by atoms with Gasteiger partial charge in [0.25, 0.3) is 0 Å². The third-order valence-corrected chi connectivity index (χ3v) is 1.90. The molecular weight excluding hydrogens is 190 g/mol. The Kier molecular flexibility index (Phi) is 2.74. The van der Waals surface area contributed by atoms with Crippen LogP contribution >= 0.6 is 0 Å². The van der Waals surface area contributed by atoms with Crippen LogP contribution in [0.4, 0.5) is 5.69 Å². The van der Waals surface area contributed by atoms with Crippen LogP contribution < -0.4 is 4.74 Å². The molecule has 74 valence electrons. The number of para-hydroxylation sites is 1. The molecule has 0 aliphatic rings. The fourth-order valence-corrected chi connectivity index (χ4v) is 1.23. The maximum absolute atomic E-state index is 10.3. The summed E-state index contributed by atoms with van der Waals surface area (Å²) in [5.41, 5.74) is 0.364. The zero-order valence-corrected chi connectivity index (χ0v) is 7.96. The number of hydrogen-bond donors (Lipinski definition) is 0. The number of ether oxygens (including phenoxy) is 1. The van der Waals surface area contributed by atoms with Crippen molar-refractivity contribution in [3.05, 3.63) is 59.5 Å². The Hall–Kier alpha value is -2.16. The fourth-order valence-electron chi connectivity index (χ4n) is 1.23. The van der Waals surface area contributed by atoms with E-state index in [0.717, 1.165) is 5.75 Å². The lowest BCUT2D eigenvalue weighted by atomic mass is 10.3. The van der Waals surface area contributed by atoms with Gasteiger partial charge in [-0.15, -0.1) is 4.91 Å². The van der Waals surface area contributed by atoms with E-state index in [2.05, 4.69) is 5.18 Å². The average Bonchev–Trinajstić information content (AvgIpc) is 2.31. The second-order valence-corrected chi connectivity index (χ2v) is 3.00. The highest BCUT2D eigenvalue weighted by Crippen LogP contribution is 2.24. The van der Waals surface area contributed by atoms with Gasteiger partial charge in [0, 0.05) is 6.07 Å². The number of benzene rings is 2. The minimum atomic E-state index is 0.364. The molecule has 3 nitrogen and oxygen atoms in total. The highest BCUT2D eigenvalue weighted by atomic mass is 16.5. The van der Waals surface area contributed by atoms with E-state index in [1.54, 1.807) is 24.3 Å². The molecule has 15 heavy (non-hydrogen) atoms. The minimum Gasteiger partial charge on any atom is -0.457 e. The number of hydrogen-bond acceptors (Lipinski definition) is 3. The average molecular weight is 199 g/mol. The molecular formula is C12H9NO2. The monoisotopic (exact) mass is 199 g/mol. The molecule has 0 radical (unpaired) electrons. The standard InChI is InChI=1S/C12H9NO2/c14-13-10-5-4-8-12(9-10)15-11-6-2-1-3-7-11/h1-9H. The first-order valence-electron chi connectivity index (χ1n) is 4.55. The molecule has 0 unspecified atom stereocenters. The first kappa shape index (κ1) is 9.40. The van der Waals surface area contributed by atoms with Gasteiger partial charge in [0.05, 0.1) is 0 Å². The van der Waals surface area contributed by atoms with Crippen molar-refractivity contribution in [2.75, 3.05) is 0 Å². The van der Waals surface area contributed by atoms with Gasteiger partial charge in [-0.3, -0.25) is 0 Å². The van der Waals surface area contributed by atoms with Gasteiger partial charge in [-0.1, -0.05) is 24.3 Å². The molecule has 0 saturated carbocycles. The quantitative estimate of drug-likeness (QED) is 0.703. The molecule has 3 heteroatoms. The van der Waals surface area contributed by atoms with Crippen LogP contribution in [0.2, 0.25) is 0 Å². The van der Waals surface area contributed by atoms with Gasteiger partial charge in [-0.05, 0) is 29.4 Å². The zero-order chi connectivity index (χ0) is 10.5. The summed E-state index contributed by atoms with van der Waals surface area (Å²) >= 11 is 0. The molecule has 0 heterocycles. The predicted molar refractivity (Wildman–Crippen MR) is 58.4 cm³/mol. The van der Waals surface area contributed by atoms with Crippen molar-refractivity contribution in [3.63, 3.8) is 0 Å². The normalized spacial score (nSPS) is 9.60. The summed E-state index contributed by atoms with van der Waals surface area (Å²) in [6.07, 6.45) is 0. The summed E-state index contributed by atoms with van der Waals surface area (Å²) in [6.45, 7) is 0. The Morgan fingerprint density at radius 3 is 2.33 bits per heavy atom. The topological polar surface area (TPSA) is 38.7 Å². The fraction of sp³-hybridized carbons (Fsp3) is 0. The summed E-state index contributed by atoms with van der Waals surface area (Å²) in [7, 11) is 0. The van der Waals surface area contributed by atoms with Gasteiger partial charge in [0.1, 0.15) is 17.2 Å². The second kappa shape index (κ2) is 4.37. The molecule has 0 aliphatic carbocycles. The lowest BCUT2D eigenvalue weighted by molar-refractivity contribution is 0.483. The minimum absolute atomic E-state index is 0.364. The Morgan fingerprint density at radius 1 is 0.867 bits per heavy atom. The van der Waals surface area contributed by atoms with Gasteiger partial charge in [-0.2, -0.15) is 0 Å². The first-order chi connectivity index (χ1) is 7.38. The van der Waals surface area contributed by atoms with Crippen LogP contribution in [0.5, 0.6) is 11.5 Å². The van der Waals surface area contributed by atoms with E-state index < -0.39 is 0 Å². The molecule has 0 saturated heterocycles. The molecule has 0 aromatic heterocycles. The Labute approximate surface area is 87.3 Å². The van der Waals surface area contributed by atoms with E-state index in [-0.39, 0.29) is 0 Å². The summed E-state index contributed by atoms with van der Waals surface area (Å²) in [5.74, 6) is 1.35. The smallest absolute Gasteiger partial charge is 0.129 e. The highest BCUT2D eigenvalue weighted by Gasteiger charge is 1.97. The van der Waals surface area contributed by atoms with Crippen LogP contribution in [0, 0.1) is 4.91 Å². The predicted octanol–water partition coefficient (Wildman–Crippen LogP) is 3.88. The van der Waals surface area contributed by atoms with Gasteiger partial charge in [-0.25, -0.2) is 0 Å². The summed E-state index contributed by atoms with van der Waals surface area (Å²) < 4.78 is 5.52. The lowest BCUT2D eigenvalue weighted by Crippen LogP contribution is -1.82.